The molecule has 0 saturated heterocycles. The predicted octanol–water partition coefficient (Wildman–Crippen LogP) is 2.57. The van der Waals surface area contributed by atoms with E-state index in [0.29, 0.717) is 5.75 Å². The number of aromatic carboxylic acids is 1. The van der Waals surface area contributed by atoms with Gasteiger partial charge in [-0.2, -0.15) is 0 Å². The van der Waals surface area contributed by atoms with Crippen LogP contribution in [-0.2, 0) is 0 Å². The van der Waals surface area contributed by atoms with Crippen molar-refractivity contribution in [1.29, 1.82) is 0 Å². The lowest BCUT2D eigenvalue weighted by Gasteiger charge is -2.03. The summed E-state index contributed by atoms with van der Waals surface area (Å²) in [5.41, 5.74) is 0.209. The highest BCUT2D eigenvalue weighted by Crippen LogP contribution is 2.18. The van der Waals surface area contributed by atoms with Gasteiger partial charge in [0.15, 0.2) is 0 Å². The number of rotatable bonds is 3. The van der Waals surface area contributed by atoms with Gasteiger partial charge in [0.2, 0.25) is 0 Å². The van der Waals surface area contributed by atoms with Gasteiger partial charge in [0.1, 0.15) is 5.75 Å². The number of nitrogens with zero attached hydrogens (tertiary/aromatic N) is 2. The van der Waals surface area contributed by atoms with Gasteiger partial charge in [-0.3, -0.25) is 0 Å². The van der Waals surface area contributed by atoms with E-state index >= 15 is 0 Å². The van der Waals surface area contributed by atoms with Crippen LogP contribution in [0.4, 0.5) is 0 Å². The zero-order valence-corrected chi connectivity index (χ0v) is 10.7. The van der Waals surface area contributed by atoms with Crippen molar-refractivity contribution in [3.05, 3.63) is 45.8 Å². The highest BCUT2D eigenvalue weighted by atomic mass is 127. The molecule has 0 aliphatic rings. The third-order valence-electron chi connectivity index (χ3n) is 1.91. The summed E-state index contributed by atoms with van der Waals surface area (Å²) in [6.45, 7) is 0. The molecule has 0 bridgehead atoms. The van der Waals surface area contributed by atoms with Gasteiger partial charge in [-0.15, -0.1) is 0 Å². The summed E-state index contributed by atoms with van der Waals surface area (Å²) in [6.07, 6.45) is 3.27. The zero-order chi connectivity index (χ0) is 12.3. The van der Waals surface area contributed by atoms with Gasteiger partial charge >= 0.3 is 12.0 Å². The molecule has 5 nitrogen and oxygen atoms in total. The average molecular weight is 342 g/mol. The van der Waals surface area contributed by atoms with Crippen molar-refractivity contribution in [3.63, 3.8) is 0 Å². The van der Waals surface area contributed by atoms with Crippen molar-refractivity contribution in [2.24, 2.45) is 0 Å². The lowest BCUT2D eigenvalue weighted by Crippen LogP contribution is -1.96. The van der Waals surface area contributed by atoms with Gasteiger partial charge in [-0.05, 0) is 46.9 Å². The number of halogens is 1. The summed E-state index contributed by atoms with van der Waals surface area (Å²) in [5.74, 6) is -0.474. The molecule has 0 saturated carbocycles. The van der Waals surface area contributed by atoms with Crippen LogP contribution in [0.2, 0.25) is 0 Å². The van der Waals surface area contributed by atoms with Gasteiger partial charge < -0.3 is 9.84 Å². The normalized spacial score (nSPS) is 9.94. The van der Waals surface area contributed by atoms with Crippen molar-refractivity contribution in [2.75, 3.05) is 0 Å². The highest BCUT2D eigenvalue weighted by Gasteiger charge is 2.04. The first kappa shape index (κ1) is 11.8. The molecular formula is C11H7IN2O3. The topological polar surface area (TPSA) is 72.3 Å². The zero-order valence-electron chi connectivity index (χ0n) is 8.50. The molecular weight excluding hydrogens is 335 g/mol. The van der Waals surface area contributed by atoms with Crippen LogP contribution < -0.4 is 4.74 Å². The molecule has 0 radical (unpaired) electrons. The summed E-state index contributed by atoms with van der Waals surface area (Å²) in [5, 5.41) is 8.73. The summed E-state index contributed by atoms with van der Waals surface area (Å²) in [6, 6.07) is 6.28. The first-order valence-corrected chi connectivity index (χ1v) is 5.72. The summed E-state index contributed by atoms with van der Waals surface area (Å²) in [4.78, 5) is 18.6. The van der Waals surface area contributed by atoms with Crippen LogP contribution in [0.3, 0.4) is 0 Å². The molecule has 0 aliphatic heterocycles. The Morgan fingerprint density at radius 3 is 2.29 bits per heavy atom. The van der Waals surface area contributed by atoms with Gasteiger partial charge in [0, 0.05) is 16.0 Å². The van der Waals surface area contributed by atoms with Crippen molar-refractivity contribution >= 4 is 28.6 Å². The maximum absolute atomic E-state index is 10.6. The molecule has 0 fully saturated rings. The second-order valence-electron chi connectivity index (χ2n) is 3.12. The quantitative estimate of drug-likeness (QED) is 0.868. The van der Waals surface area contributed by atoms with Gasteiger partial charge in [0.05, 0.1) is 5.56 Å². The summed E-state index contributed by atoms with van der Waals surface area (Å²) < 4.78 is 6.26. The van der Waals surface area contributed by atoms with Crippen molar-refractivity contribution in [3.8, 4) is 11.8 Å². The van der Waals surface area contributed by atoms with E-state index in [4.69, 9.17) is 9.84 Å². The van der Waals surface area contributed by atoms with Crippen LogP contribution in [0.25, 0.3) is 0 Å². The van der Waals surface area contributed by atoms with E-state index in [-0.39, 0.29) is 11.6 Å². The Bertz CT molecular complexity index is 525. The molecule has 1 aromatic carbocycles. The standard InChI is InChI=1S/C11H7IN2O3/c12-8-5-13-11(14-6-8)17-9-3-1-7(2-4-9)10(15)16/h1-6H,(H,15,16). The van der Waals surface area contributed by atoms with Crippen LogP contribution in [-0.4, -0.2) is 21.0 Å². The minimum Gasteiger partial charge on any atom is -0.478 e. The molecule has 0 aliphatic carbocycles. The van der Waals surface area contributed by atoms with Gasteiger partial charge in [0.25, 0.3) is 0 Å². The van der Waals surface area contributed by atoms with E-state index in [9.17, 15) is 4.79 Å². The fourth-order valence-corrected chi connectivity index (χ4v) is 1.40. The summed E-state index contributed by atoms with van der Waals surface area (Å²) >= 11 is 2.09. The number of carboxylic acid groups (broad SMARTS) is 1. The third kappa shape index (κ3) is 3.13. The van der Waals surface area contributed by atoms with Crippen LogP contribution in [0, 0.1) is 3.57 Å². The van der Waals surface area contributed by atoms with Crippen LogP contribution >= 0.6 is 22.6 Å². The minimum atomic E-state index is -0.970. The molecule has 17 heavy (non-hydrogen) atoms. The fourth-order valence-electron chi connectivity index (χ4n) is 1.12. The second kappa shape index (κ2) is 5.09. The molecule has 1 N–H and O–H groups in total. The molecule has 1 aromatic heterocycles. The Morgan fingerprint density at radius 1 is 1.18 bits per heavy atom. The average Bonchev–Trinajstić information content (AvgIpc) is 2.33. The van der Waals surface area contributed by atoms with Crippen LogP contribution in [0.1, 0.15) is 10.4 Å². The molecule has 0 spiro atoms. The Hall–Kier alpha value is -1.70. The molecule has 2 rings (SSSR count). The number of benzene rings is 1. The highest BCUT2D eigenvalue weighted by molar-refractivity contribution is 14.1. The first-order chi connectivity index (χ1) is 8.15. The van der Waals surface area contributed by atoms with E-state index < -0.39 is 5.97 Å². The molecule has 0 unspecified atom stereocenters. The molecule has 86 valence electrons. The molecule has 0 atom stereocenters. The number of hydrogen-bond donors (Lipinski definition) is 1. The Balaban J connectivity index is 2.13. The summed E-state index contributed by atoms with van der Waals surface area (Å²) in [7, 11) is 0. The minimum absolute atomic E-state index is 0.209. The van der Waals surface area contributed by atoms with Crippen molar-refractivity contribution in [1.82, 2.24) is 9.97 Å². The lowest BCUT2D eigenvalue weighted by atomic mass is 10.2. The second-order valence-corrected chi connectivity index (χ2v) is 4.36. The maximum atomic E-state index is 10.6. The Kier molecular flexibility index (Phi) is 3.52. The predicted molar refractivity (Wildman–Crippen MR) is 68.2 cm³/mol. The Morgan fingerprint density at radius 2 is 1.76 bits per heavy atom. The van der Waals surface area contributed by atoms with Crippen molar-refractivity contribution in [2.45, 2.75) is 0 Å². The van der Waals surface area contributed by atoms with Crippen molar-refractivity contribution < 1.29 is 14.6 Å². The fraction of sp³-hybridized carbons (Fsp3) is 0. The number of hydrogen-bond acceptors (Lipinski definition) is 4. The molecule has 1 heterocycles. The number of aromatic nitrogens is 2. The first-order valence-electron chi connectivity index (χ1n) is 4.64. The van der Waals surface area contributed by atoms with E-state index in [1.807, 2.05) is 0 Å². The SMILES string of the molecule is O=C(O)c1ccc(Oc2ncc(I)cn2)cc1. The third-order valence-corrected chi connectivity index (χ3v) is 2.46. The van der Waals surface area contributed by atoms with Crippen LogP contribution in [0.5, 0.6) is 11.8 Å². The van der Waals surface area contributed by atoms with Gasteiger partial charge in [-0.25, -0.2) is 14.8 Å². The van der Waals surface area contributed by atoms with E-state index in [1.54, 1.807) is 24.5 Å². The van der Waals surface area contributed by atoms with E-state index in [2.05, 4.69) is 32.6 Å². The Labute approximate surface area is 111 Å². The molecule has 0 amide bonds. The molecule has 2 aromatic rings. The number of ether oxygens (including phenoxy) is 1. The maximum Gasteiger partial charge on any atom is 0.335 e. The van der Waals surface area contributed by atoms with E-state index in [1.165, 1.54) is 12.1 Å². The lowest BCUT2D eigenvalue weighted by molar-refractivity contribution is 0.0697. The smallest absolute Gasteiger partial charge is 0.335 e. The van der Waals surface area contributed by atoms with Gasteiger partial charge in [-0.1, -0.05) is 0 Å². The largest absolute Gasteiger partial charge is 0.478 e. The number of carbonyl (C=O) groups is 1. The monoisotopic (exact) mass is 342 g/mol. The number of carboxylic acids is 1. The van der Waals surface area contributed by atoms with Crippen LogP contribution in [0.15, 0.2) is 36.7 Å². The van der Waals surface area contributed by atoms with E-state index in [0.717, 1.165) is 3.57 Å². The molecule has 6 heteroatoms.